The summed E-state index contributed by atoms with van der Waals surface area (Å²) in [6, 6.07) is 5.38. The van der Waals surface area contributed by atoms with E-state index in [1.165, 1.54) is 24.3 Å². The molecular weight excluding hydrogens is 231 g/mol. The Labute approximate surface area is 107 Å². The third-order valence-electron chi connectivity index (χ3n) is 2.54. The zero-order chi connectivity index (χ0) is 13.5. The van der Waals surface area contributed by atoms with Crippen molar-refractivity contribution < 1.29 is 9.18 Å². The monoisotopic (exact) mass is 250 g/mol. The summed E-state index contributed by atoms with van der Waals surface area (Å²) in [5.41, 5.74) is 3.76. The third-order valence-corrected chi connectivity index (χ3v) is 2.54. The highest BCUT2D eigenvalue weighted by Gasteiger charge is 2.04. The van der Waals surface area contributed by atoms with Gasteiger partial charge in [0.15, 0.2) is 0 Å². The fourth-order valence-electron chi connectivity index (χ4n) is 1.37. The van der Waals surface area contributed by atoms with Crippen LogP contribution < -0.4 is 5.43 Å². The molecule has 0 saturated carbocycles. The average molecular weight is 250 g/mol. The lowest BCUT2D eigenvalue weighted by Crippen LogP contribution is -2.19. The molecule has 18 heavy (non-hydrogen) atoms. The first-order chi connectivity index (χ1) is 8.49. The second-order valence-corrected chi connectivity index (χ2v) is 4.73. The van der Waals surface area contributed by atoms with Crippen LogP contribution in [0.5, 0.6) is 0 Å². The Morgan fingerprint density at radius 2 is 1.94 bits per heavy atom. The molecule has 0 aliphatic rings. The van der Waals surface area contributed by atoms with Gasteiger partial charge in [-0.1, -0.05) is 13.8 Å². The van der Waals surface area contributed by atoms with E-state index in [0.29, 0.717) is 11.5 Å². The van der Waals surface area contributed by atoms with Crippen molar-refractivity contribution in [1.29, 1.82) is 0 Å². The molecule has 0 heterocycles. The molecule has 1 rings (SSSR count). The van der Waals surface area contributed by atoms with Crippen LogP contribution in [0.25, 0.3) is 0 Å². The van der Waals surface area contributed by atoms with Crippen molar-refractivity contribution in [3.63, 3.8) is 0 Å². The van der Waals surface area contributed by atoms with Crippen LogP contribution >= 0.6 is 0 Å². The molecule has 0 radical (unpaired) electrons. The smallest absolute Gasteiger partial charge is 0.267 e. The molecule has 0 fully saturated rings. The van der Waals surface area contributed by atoms with Gasteiger partial charge >= 0.3 is 0 Å². The van der Waals surface area contributed by atoms with E-state index < -0.39 is 0 Å². The van der Waals surface area contributed by atoms with Gasteiger partial charge < -0.3 is 0 Å². The molecule has 0 atom stereocenters. The molecule has 0 aliphatic heterocycles. The predicted octanol–water partition coefficient (Wildman–Crippen LogP) is 3.37. The minimum absolute atomic E-state index is 0.320. The molecule has 0 aromatic heterocycles. The Bertz CT molecular complexity index is 424. The number of amides is 1. The van der Waals surface area contributed by atoms with Gasteiger partial charge in [-0.25, -0.2) is 9.82 Å². The molecule has 0 bridgehead atoms. The Kier molecular flexibility index (Phi) is 5.49. The van der Waals surface area contributed by atoms with Crippen molar-refractivity contribution in [1.82, 2.24) is 5.43 Å². The molecule has 3 nitrogen and oxygen atoms in total. The Balaban J connectivity index is 2.49. The van der Waals surface area contributed by atoms with Crippen LogP contribution in [-0.2, 0) is 0 Å². The summed E-state index contributed by atoms with van der Waals surface area (Å²) >= 11 is 0. The van der Waals surface area contributed by atoms with Gasteiger partial charge in [-0.3, -0.25) is 4.79 Å². The van der Waals surface area contributed by atoms with E-state index in [1.807, 2.05) is 6.92 Å². The van der Waals surface area contributed by atoms with Gasteiger partial charge in [-0.2, -0.15) is 5.10 Å². The molecule has 0 unspecified atom stereocenters. The third kappa shape index (κ3) is 5.08. The molecule has 1 N–H and O–H groups in total. The molecule has 0 saturated heterocycles. The lowest BCUT2D eigenvalue weighted by molar-refractivity contribution is 0.0954. The van der Waals surface area contributed by atoms with E-state index in [4.69, 9.17) is 0 Å². The number of rotatable bonds is 5. The largest absolute Gasteiger partial charge is 0.271 e. The van der Waals surface area contributed by atoms with Crippen LogP contribution in [0.4, 0.5) is 4.39 Å². The van der Waals surface area contributed by atoms with E-state index in [9.17, 15) is 9.18 Å². The highest BCUT2D eigenvalue weighted by Crippen LogP contribution is 2.05. The summed E-state index contributed by atoms with van der Waals surface area (Å²) in [5, 5.41) is 4.02. The summed E-state index contributed by atoms with van der Waals surface area (Å²) < 4.78 is 12.7. The number of carbonyl (C=O) groups excluding carboxylic acids is 1. The van der Waals surface area contributed by atoms with Crippen LogP contribution in [0.15, 0.2) is 29.4 Å². The fraction of sp³-hybridized carbons (Fsp3) is 0.429. The minimum atomic E-state index is -0.358. The average Bonchev–Trinajstić information content (AvgIpc) is 2.34. The summed E-state index contributed by atoms with van der Waals surface area (Å²) in [7, 11) is 0. The SMILES string of the molecule is C/C(CCC(C)C)=N\NC(=O)c1ccc(F)cc1. The van der Waals surface area contributed by atoms with Crippen LogP contribution in [0.1, 0.15) is 44.0 Å². The maximum Gasteiger partial charge on any atom is 0.271 e. The molecule has 1 amide bonds. The van der Waals surface area contributed by atoms with Gasteiger partial charge in [0.2, 0.25) is 0 Å². The van der Waals surface area contributed by atoms with Gasteiger partial charge in [0.25, 0.3) is 5.91 Å². The van der Waals surface area contributed by atoms with Crippen molar-refractivity contribution in [2.75, 3.05) is 0 Å². The number of halogens is 1. The number of hydrazone groups is 1. The molecule has 0 spiro atoms. The molecule has 1 aromatic carbocycles. The van der Waals surface area contributed by atoms with Crippen LogP contribution in [-0.4, -0.2) is 11.6 Å². The Hall–Kier alpha value is -1.71. The van der Waals surface area contributed by atoms with E-state index in [2.05, 4.69) is 24.4 Å². The number of carbonyl (C=O) groups is 1. The zero-order valence-electron chi connectivity index (χ0n) is 11.0. The predicted molar refractivity (Wildman–Crippen MR) is 71.0 cm³/mol. The van der Waals surface area contributed by atoms with E-state index in [-0.39, 0.29) is 11.7 Å². The summed E-state index contributed by atoms with van der Waals surface area (Å²) in [6.45, 7) is 6.17. The standard InChI is InChI=1S/C14H19FN2O/c1-10(2)4-5-11(3)16-17-14(18)12-6-8-13(15)9-7-12/h6-10H,4-5H2,1-3H3,(H,17,18)/b16-11+. The first kappa shape index (κ1) is 14.4. The van der Waals surface area contributed by atoms with Gasteiger partial charge in [-0.05, 0) is 49.9 Å². The van der Waals surface area contributed by atoms with Gasteiger partial charge in [0.05, 0.1) is 0 Å². The van der Waals surface area contributed by atoms with Crippen LogP contribution in [0, 0.1) is 11.7 Å². The van der Waals surface area contributed by atoms with Crippen LogP contribution in [0.2, 0.25) is 0 Å². The zero-order valence-corrected chi connectivity index (χ0v) is 11.0. The quantitative estimate of drug-likeness (QED) is 0.631. The van der Waals surface area contributed by atoms with Gasteiger partial charge in [-0.15, -0.1) is 0 Å². The van der Waals surface area contributed by atoms with Crippen molar-refractivity contribution in [2.45, 2.75) is 33.6 Å². The second kappa shape index (κ2) is 6.89. The first-order valence-electron chi connectivity index (χ1n) is 6.08. The number of hydrogen-bond donors (Lipinski definition) is 1. The van der Waals surface area contributed by atoms with Crippen molar-refractivity contribution in [3.05, 3.63) is 35.6 Å². The molecular formula is C14H19FN2O. The van der Waals surface area contributed by atoms with Crippen molar-refractivity contribution in [3.8, 4) is 0 Å². The number of nitrogens with zero attached hydrogens (tertiary/aromatic N) is 1. The van der Waals surface area contributed by atoms with Gasteiger partial charge in [0.1, 0.15) is 5.82 Å². The normalized spacial score (nSPS) is 11.7. The Morgan fingerprint density at radius 3 is 2.50 bits per heavy atom. The van der Waals surface area contributed by atoms with Crippen LogP contribution in [0.3, 0.4) is 0 Å². The topological polar surface area (TPSA) is 41.5 Å². The first-order valence-corrected chi connectivity index (χ1v) is 6.08. The number of nitrogens with one attached hydrogen (secondary N) is 1. The number of benzene rings is 1. The van der Waals surface area contributed by atoms with E-state index in [0.717, 1.165) is 18.6 Å². The Morgan fingerprint density at radius 1 is 1.33 bits per heavy atom. The van der Waals surface area contributed by atoms with E-state index in [1.54, 1.807) is 0 Å². The maximum absolute atomic E-state index is 12.7. The minimum Gasteiger partial charge on any atom is -0.267 e. The maximum atomic E-state index is 12.7. The lowest BCUT2D eigenvalue weighted by atomic mass is 10.1. The lowest BCUT2D eigenvalue weighted by Gasteiger charge is -2.05. The molecule has 4 heteroatoms. The van der Waals surface area contributed by atoms with Gasteiger partial charge in [0, 0.05) is 11.3 Å². The van der Waals surface area contributed by atoms with Crippen molar-refractivity contribution in [2.24, 2.45) is 11.0 Å². The molecule has 1 aromatic rings. The van der Waals surface area contributed by atoms with Crippen molar-refractivity contribution >= 4 is 11.6 Å². The highest BCUT2D eigenvalue weighted by molar-refractivity contribution is 5.95. The molecule has 98 valence electrons. The summed E-state index contributed by atoms with van der Waals surface area (Å²) in [5.74, 6) is -0.0648. The summed E-state index contributed by atoms with van der Waals surface area (Å²) in [6.07, 6.45) is 1.91. The number of hydrogen-bond acceptors (Lipinski definition) is 2. The molecule has 0 aliphatic carbocycles. The second-order valence-electron chi connectivity index (χ2n) is 4.73. The highest BCUT2D eigenvalue weighted by atomic mass is 19.1. The summed E-state index contributed by atoms with van der Waals surface area (Å²) in [4.78, 5) is 11.7. The fourth-order valence-corrected chi connectivity index (χ4v) is 1.37. The van der Waals surface area contributed by atoms with E-state index >= 15 is 0 Å².